The molecule has 4 aromatic rings. The minimum Gasteiger partial charge on any atom is -0.453 e. The van der Waals surface area contributed by atoms with Crippen LogP contribution in [0.15, 0.2) is 71.8 Å². The highest BCUT2D eigenvalue weighted by molar-refractivity contribution is 6.04. The van der Waals surface area contributed by atoms with E-state index in [4.69, 9.17) is 15.9 Å². The minimum atomic E-state index is -0.844. The number of aliphatic hydroxyl groups is 1. The van der Waals surface area contributed by atoms with E-state index in [9.17, 15) is 19.1 Å². The van der Waals surface area contributed by atoms with Crippen LogP contribution in [0.25, 0.3) is 5.69 Å². The van der Waals surface area contributed by atoms with Crippen molar-refractivity contribution in [3.05, 3.63) is 100 Å². The van der Waals surface area contributed by atoms with Crippen molar-refractivity contribution in [1.82, 2.24) is 20.1 Å². The number of hydrogen-bond acceptors (Lipinski definition) is 8. The number of ether oxygens (including phenoxy) is 1. The number of amides is 1. The fourth-order valence-electron chi connectivity index (χ4n) is 3.60. The van der Waals surface area contributed by atoms with Gasteiger partial charge in [0, 0.05) is 48.8 Å². The number of amidine groups is 1. The molecule has 0 aliphatic rings. The molecule has 0 spiro atoms. The summed E-state index contributed by atoms with van der Waals surface area (Å²) in [5.41, 5.74) is 4.85. The maximum absolute atomic E-state index is 15.0. The van der Waals surface area contributed by atoms with Crippen molar-refractivity contribution in [2.24, 2.45) is 5.41 Å². The van der Waals surface area contributed by atoms with Gasteiger partial charge in [-0.1, -0.05) is 13.8 Å². The molecule has 0 saturated carbocycles. The highest BCUT2D eigenvalue weighted by atomic mass is 19.1. The molecule has 6 N–H and O–H groups in total. The Hall–Kier alpha value is -5.17. The lowest BCUT2D eigenvalue weighted by atomic mass is 9.95. The molecule has 0 aliphatic heterocycles. The molecule has 0 unspecified atom stereocenters. The number of nitrogens with two attached hydrogens (primary N) is 1. The van der Waals surface area contributed by atoms with E-state index < -0.39 is 28.5 Å². The number of nitrogens with zero attached hydrogens (tertiary/aromatic N) is 3. The summed E-state index contributed by atoms with van der Waals surface area (Å²) >= 11 is 0. The van der Waals surface area contributed by atoms with Gasteiger partial charge in [0.05, 0.1) is 5.69 Å². The summed E-state index contributed by atoms with van der Waals surface area (Å²) in [6.45, 7) is 3.76. The largest absolute Gasteiger partial charge is 0.453 e. The Labute approximate surface area is 233 Å². The number of hydrogen-bond donors (Lipinski definition) is 5. The Bertz CT molecular complexity index is 1660. The van der Waals surface area contributed by atoms with E-state index in [1.165, 1.54) is 48.8 Å². The van der Waals surface area contributed by atoms with Gasteiger partial charge in [-0.2, -0.15) is 9.78 Å². The Morgan fingerprint density at radius 1 is 1.10 bits per heavy atom. The molecule has 212 valence electrons. The van der Waals surface area contributed by atoms with Gasteiger partial charge in [-0.3, -0.25) is 15.0 Å². The summed E-state index contributed by atoms with van der Waals surface area (Å²) in [6.07, 6.45) is 2.59. The summed E-state index contributed by atoms with van der Waals surface area (Å²) in [6, 6.07) is 11.3. The molecule has 13 heteroatoms. The first-order chi connectivity index (χ1) is 19.5. The van der Waals surface area contributed by atoms with Crippen LogP contribution in [0.3, 0.4) is 0 Å². The van der Waals surface area contributed by atoms with E-state index in [2.05, 4.69) is 20.7 Å². The number of carbonyl (C=O) groups excluding carboxylic acids is 1. The molecular weight excluding hydrogens is 536 g/mol. The normalized spacial score (nSPS) is 11.1. The molecule has 11 nitrogen and oxygen atoms in total. The number of carbonyl (C=O) groups is 1. The lowest BCUT2D eigenvalue weighted by Gasteiger charge is -2.23. The number of nitrogens with one attached hydrogen (secondary N) is 3. The summed E-state index contributed by atoms with van der Waals surface area (Å²) in [7, 11) is 0. The number of aliphatic hydroxyl groups excluding tert-OH is 1. The van der Waals surface area contributed by atoms with Crippen molar-refractivity contribution >= 4 is 23.2 Å². The van der Waals surface area contributed by atoms with Crippen molar-refractivity contribution in [2.75, 3.05) is 24.2 Å². The van der Waals surface area contributed by atoms with E-state index in [1.54, 1.807) is 0 Å². The highest BCUT2D eigenvalue weighted by Gasteiger charge is 2.21. The Morgan fingerprint density at radius 3 is 2.51 bits per heavy atom. The molecule has 0 radical (unpaired) electrons. The van der Waals surface area contributed by atoms with Gasteiger partial charge in [0.1, 0.15) is 34.3 Å². The first kappa shape index (κ1) is 28.8. The summed E-state index contributed by atoms with van der Waals surface area (Å²) < 4.78 is 35.0. The second-order valence-electron chi connectivity index (χ2n) is 9.76. The first-order valence-electron chi connectivity index (χ1n) is 12.3. The molecule has 41 heavy (non-hydrogen) atoms. The monoisotopic (exact) mass is 563 g/mol. The summed E-state index contributed by atoms with van der Waals surface area (Å²) in [5.74, 6) is -2.45. The van der Waals surface area contributed by atoms with Crippen LogP contribution in [0.1, 0.15) is 29.8 Å². The van der Waals surface area contributed by atoms with Crippen molar-refractivity contribution in [3.63, 3.8) is 0 Å². The minimum absolute atomic E-state index is 0.0188. The van der Waals surface area contributed by atoms with Gasteiger partial charge in [-0.05, 0) is 42.5 Å². The molecule has 2 aromatic heterocycles. The van der Waals surface area contributed by atoms with Gasteiger partial charge in [-0.15, -0.1) is 0 Å². The van der Waals surface area contributed by atoms with Crippen LogP contribution in [-0.4, -0.2) is 44.8 Å². The SMILES string of the molecule is CC(C)(CO)CNC(=N)c1c(Oc2ccc(NC(=O)c3ccnn(-c4ccc(F)cc4)c3=O)cc2F)ccnc1N. The fourth-order valence-corrected chi connectivity index (χ4v) is 3.60. The average Bonchev–Trinajstić information content (AvgIpc) is 2.94. The molecule has 0 aliphatic carbocycles. The fraction of sp³-hybridized carbons (Fsp3) is 0.179. The quantitative estimate of drug-likeness (QED) is 0.152. The van der Waals surface area contributed by atoms with E-state index in [0.29, 0.717) is 0 Å². The van der Waals surface area contributed by atoms with Crippen LogP contribution in [-0.2, 0) is 0 Å². The Morgan fingerprint density at radius 2 is 1.83 bits per heavy atom. The predicted octanol–water partition coefficient (Wildman–Crippen LogP) is 3.47. The smallest absolute Gasteiger partial charge is 0.284 e. The van der Waals surface area contributed by atoms with E-state index >= 15 is 4.39 Å². The number of nitrogen functional groups attached to an aromatic ring is 1. The van der Waals surface area contributed by atoms with Crippen LogP contribution >= 0.6 is 0 Å². The topological polar surface area (TPSA) is 168 Å². The van der Waals surface area contributed by atoms with Gasteiger partial charge in [-0.25, -0.2) is 13.8 Å². The Balaban J connectivity index is 1.52. The number of benzene rings is 2. The summed E-state index contributed by atoms with van der Waals surface area (Å²) in [4.78, 5) is 29.7. The highest BCUT2D eigenvalue weighted by Crippen LogP contribution is 2.31. The molecule has 4 rings (SSSR count). The number of anilines is 2. The standard InChI is InChI=1S/C28H27F2N7O4/c1-28(2,15-38)14-34-25(32)23-22(10-11-33-24(23)31)41-21-8-5-17(13-20(21)30)36-26(39)19-9-12-35-37(27(19)40)18-6-3-16(29)4-7-18/h3-13,38H,14-15H2,1-2H3,(H2,31,33)(H2,32,34)(H,36,39). The van der Waals surface area contributed by atoms with Gasteiger partial charge in [0.2, 0.25) is 0 Å². The Kier molecular flexibility index (Phi) is 8.38. The maximum atomic E-state index is 15.0. The van der Waals surface area contributed by atoms with Crippen LogP contribution in [0.5, 0.6) is 11.5 Å². The molecule has 2 aromatic carbocycles. The van der Waals surface area contributed by atoms with Gasteiger partial charge in [0.15, 0.2) is 11.6 Å². The molecular formula is C28H27F2N7O4. The second-order valence-corrected chi connectivity index (χ2v) is 9.76. The van der Waals surface area contributed by atoms with Gasteiger partial charge >= 0.3 is 0 Å². The van der Waals surface area contributed by atoms with Gasteiger partial charge < -0.3 is 26.2 Å². The van der Waals surface area contributed by atoms with Crippen LogP contribution < -0.4 is 26.7 Å². The van der Waals surface area contributed by atoms with Crippen LogP contribution in [0.4, 0.5) is 20.3 Å². The number of pyridine rings is 1. The van der Waals surface area contributed by atoms with Crippen LogP contribution in [0.2, 0.25) is 0 Å². The molecule has 0 saturated heterocycles. The van der Waals surface area contributed by atoms with Crippen molar-refractivity contribution < 1.29 is 23.4 Å². The lowest BCUT2D eigenvalue weighted by Crippen LogP contribution is -2.36. The van der Waals surface area contributed by atoms with E-state index in [0.717, 1.165) is 22.9 Å². The molecule has 0 fully saturated rings. The predicted molar refractivity (Wildman–Crippen MR) is 149 cm³/mol. The van der Waals surface area contributed by atoms with Crippen molar-refractivity contribution in [2.45, 2.75) is 13.8 Å². The lowest BCUT2D eigenvalue weighted by molar-refractivity contribution is 0.102. The first-order valence-corrected chi connectivity index (χ1v) is 12.3. The number of aromatic nitrogens is 3. The zero-order valence-electron chi connectivity index (χ0n) is 22.1. The third-order valence-electron chi connectivity index (χ3n) is 5.94. The van der Waals surface area contributed by atoms with Crippen molar-refractivity contribution in [1.29, 1.82) is 5.41 Å². The number of halogens is 2. The average molecular weight is 564 g/mol. The number of rotatable bonds is 9. The van der Waals surface area contributed by atoms with E-state index in [-0.39, 0.29) is 58.8 Å². The zero-order valence-corrected chi connectivity index (χ0v) is 22.1. The third kappa shape index (κ3) is 6.70. The van der Waals surface area contributed by atoms with Crippen molar-refractivity contribution in [3.8, 4) is 17.2 Å². The molecule has 0 atom stereocenters. The van der Waals surface area contributed by atoms with Gasteiger partial charge in [0.25, 0.3) is 11.5 Å². The maximum Gasteiger partial charge on any atom is 0.284 e. The third-order valence-corrected chi connectivity index (χ3v) is 5.94. The molecule has 1 amide bonds. The summed E-state index contributed by atoms with van der Waals surface area (Å²) in [5, 5.41) is 27.1. The second kappa shape index (κ2) is 11.9. The van der Waals surface area contributed by atoms with Crippen LogP contribution in [0, 0.1) is 22.5 Å². The zero-order chi connectivity index (χ0) is 29.7. The molecule has 2 heterocycles. The van der Waals surface area contributed by atoms with E-state index in [1.807, 2.05) is 13.8 Å². The molecule has 0 bridgehead atoms.